The Bertz CT molecular complexity index is 622. The predicted molar refractivity (Wildman–Crippen MR) is 80.7 cm³/mol. The first-order chi connectivity index (χ1) is 10.2. The summed E-state index contributed by atoms with van der Waals surface area (Å²) in [6, 6.07) is 8.62. The molecule has 0 amide bonds. The fourth-order valence-electron chi connectivity index (χ4n) is 2.42. The monoisotopic (exact) mass is 287 g/mol. The molecule has 0 aliphatic carbocycles. The molecular formula is C16H21N3O2. The Labute approximate surface area is 124 Å². The maximum Gasteiger partial charge on any atom is 0.132 e. The van der Waals surface area contributed by atoms with Gasteiger partial charge in [-0.15, -0.1) is 0 Å². The van der Waals surface area contributed by atoms with E-state index in [1.54, 1.807) is 0 Å². The first-order valence-corrected chi connectivity index (χ1v) is 7.28. The average molecular weight is 287 g/mol. The third-order valence-corrected chi connectivity index (χ3v) is 3.69. The second-order valence-corrected chi connectivity index (χ2v) is 5.52. The van der Waals surface area contributed by atoms with Gasteiger partial charge in [0.2, 0.25) is 0 Å². The number of rotatable bonds is 5. The summed E-state index contributed by atoms with van der Waals surface area (Å²) in [5, 5.41) is 7.71. The van der Waals surface area contributed by atoms with E-state index < -0.39 is 0 Å². The van der Waals surface area contributed by atoms with Crippen LogP contribution in [0.2, 0.25) is 0 Å². The summed E-state index contributed by atoms with van der Waals surface area (Å²) in [5.41, 5.74) is 2.12. The Morgan fingerprint density at radius 3 is 3.00 bits per heavy atom. The van der Waals surface area contributed by atoms with Gasteiger partial charge in [-0.05, 0) is 39.1 Å². The molecule has 2 aromatic rings. The van der Waals surface area contributed by atoms with Gasteiger partial charge in [-0.1, -0.05) is 0 Å². The van der Waals surface area contributed by atoms with E-state index in [1.165, 1.54) is 5.56 Å². The molecule has 0 bridgehead atoms. The van der Waals surface area contributed by atoms with Crippen molar-refractivity contribution in [1.29, 1.82) is 0 Å². The van der Waals surface area contributed by atoms with Crippen LogP contribution >= 0.6 is 0 Å². The lowest BCUT2D eigenvalue weighted by atomic mass is 10.1. The minimum Gasteiger partial charge on any atom is -0.491 e. The van der Waals surface area contributed by atoms with Crippen molar-refractivity contribution in [3.8, 4) is 11.5 Å². The minimum atomic E-state index is 0.274. The van der Waals surface area contributed by atoms with Gasteiger partial charge in [-0.25, -0.2) is 0 Å². The van der Waals surface area contributed by atoms with Gasteiger partial charge in [-0.2, -0.15) is 5.10 Å². The molecule has 1 aromatic heterocycles. The van der Waals surface area contributed by atoms with Crippen molar-refractivity contribution >= 4 is 0 Å². The number of likely N-dealkylation sites (N-methyl/N-ethyl adjacent to an activating group) is 1. The number of hydrogen-bond acceptors (Lipinski definition) is 4. The maximum absolute atomic E-state index is 5.80. The molecule has 5 heteroatoms. The van der Waals surface area contributed by atoms with Gasteiger partial charge in [0.15, 0.2) is 0 Å². The smallest absolute Gasteiger partial charge is 0.132 e. The first-order valence-electron chi connectivity index (χ1n) is 7.28. The normalized spacial score (nSPS) is 16.9. The third kappa shape index (κ3) is 2.88. The van der Waals surface area contributed by atoms with Crippen LogP contribution in [0.1, 0.15) is 37.2 Å². The predicted octanol–water partition coefficient (Wildman–Crippen LogP) is 2.70. The molecule has 21 heavy (non-hydrogen) atoms. The van der Waals surface area contributed by atoms with Crippen molar-refractivity contribution in [1.82, 2.24) is 15.1 Å². The SMILES string of the molecule is CNC1COc2cc(OCc3ccn(C(C)C)n3)ccc21. The van der Waals surface area contributed by atoms with E-state index in [0.29, 0.717) is 19.3 Å². The highest BCUT2D eigenvalue weighted by molar-refractivity contribution is 5.45. The van der Waals surface area contributed by atoms with Crippen LogP contribution in [0.4, 0.5) is 0 Å². The number of nitrogens with zero attached hydrogens (tertiary/aromatic N) is 2. The van der Waals surface area contributed by atoms with Crippen LogP contribution in [0.15, 0.2) is 30.5 Å². The molecule has 5 nitrogen and oxygen atoms in total. The Balaban J connectivity index is 1.66. The minimum absolute atomic E-state index is 0.274. The van der Waals surface area contributed by atoms with E-state index in [4.69, 9.17) is 9.47 Å². The van der Waals surface area contributed by atoms with Crippen molar-refractivity contribution in [3.05, 3.63) is 41.7 Å². The van der Waals surface area contributed by atoms with Gasteiger partial charge >= 0.3 is 0 Å². The molecule has 1 aliphatic rings. The molecule has 0 saturated heterocycles. The maximum atomic E-state index is 5.80. The Kier molecular flexibility index (Phi) is 3.84. The van der Waals surface area contributed by atoms with E-state index in [9.17, 15) is 0 Å². The standard InChI is InChI=1S/C16H21N3O2/c1-11(2)19-7-6-12(18-19)9-20-13-4-5-14-15(17-3)10-21-16(14)8-13/h4-8,11,15,17H,9-10H2,1-3H3. The summed E-state index contributed by atoms with van der Waals surface area (Å²) < 4.78 is 13.4. The molecule has 0 radical (unpaired) electrons. The molecule has 112 valence electrons. The fraction of sp³-hybridized carbons (Fsp3) is 0.438. The summed E-state index contributed by atoms with van der Waals surface area (Å²) in [6.07, 6.45) is 1.98. The number of nitrogens with one attached hydrogen (secondary N) is 1. The lowest BCUT2D eigenvalue weighted by Gasteiger charge is -2.08. The average Bonchev–Trinajstić information content (AvgIpc) is 3.11. The molecule has 1 aromatic carbocycles. The van der Waals surface area contributed by atoms with Gasteiger partial charge in [0.25, 0.3) is 0 Å². The van der Waals surface area contributed by atoms with Gasteiger partial charge in [0.1, 0.15) is 24.7 Å². The van der Waals surface area contributed by atoms with Crippen LogP contribution in [0.3, 0.4) is 0 Å². The molecule has 3 rings (SSSR count). The van der Waals surface area contributed by atoms with Crippen LogP contribution in [0.25, 0.3) is 0 Å². The first kappa shape index (κ1) is 13.9. The largest absolute Gasteiger partial charge is 0.491 e. The van der Waals surface area contributed by atoms with Crippen molar-refractivity contribution in [2.45, 2.75) is 32.5 Å². The molecule has 0 spiro atoms. The zero-order chi connectivity index (χ0) is 14.8. The molecule has 2 heterocycles. The fourth-order valence-corrected chi connectivity index (χ4v) is 2.42. The second kappa shape index (κ2) is 5.77. The molecular weight excluding hydrogens is 266 g/mol. The third-order valence-electron chi connectivity index (χ3n) is 3.69. The van der Waals surface area contributed by atoms with E-state index in [0.717, 1.165) is 17.2 Å². The molecule has 0 fully saturated rings. The highest BCUT2D eigenvalue weighted by atomic mass is 16.5. The molecule has 1 aliphatic heterocycles. The summed E-state index contributed by atoms with van der Waals surface area (Å²) in [4.78, 5) is 0. The van der Waals surface area contributed by atoms with E-state index in [2.05, 4.69) is 30.3 Å². The molecule has 1 atom stereocenters. The van der Waals surface area contributed by atoms with E-state index in [-0.39, 0.29) is 6.04 Å². The van der Waals surface area contributed by atoms with Crippen LogP contribution in [-0.4, -0.2) is 23.4 Å². The lowest BCUT2D eigenvalue weighted by Crippen LogP contribution is -2.17. The number of benzene rings is 1. The van der Waals surface area contributed by atoms with Crippen molar-refractivity contribution in [2.75, 3.05) is 13.7 Å². The van der Waals surface area contributed by atoms with Gasteiger partial charge in [-0.3, -0.25) is 4.68 Å². The summed E-state index contributed by atoms with van der Waals surface area (Å²) in [7, 11) is 1.94. The van der Waals surface area contributed by atoms with E-state index in [1.807, 2.05) is 36.1 Å². The Hall–Kier alpha value is -2.01. The summed E-state index contributed by atoms with van der Waals surface area (Å²) >= 11 is 0. The van der Waals surface area contributed by atoms with Crippen molar-refractivity contribution in [3.63, 3.8) is 0 Å². The van der Waals surface area contributed by atoms with Gasteiger partial charge in [0, 0.05) is 23.9 Å². The van der Waals surface area contributed by atoms with Crippen LogP contribution in [-0.2, 0) is 6.61 Å². The van der Waals surface area contributed by atoms with E-state index >= 15 is 0 Å². The highest BCUT2D eigenvalue weighted by Gasteiger charge is 2.22. The van der Waals surface area contributed by atoms with Gasteiger partial charge in [0.05, 0.1) is 11.7 Å². The number of ether oxygens (including phenoxy) is 2. The summed E-state index contributed by atoms with van der Waals surface area (Å²) in [5.74, 6) is 1.71. The Morgan fingerprint density at radius 2 is 2.29 bits per heavy atom. The second-order valence-electron chi connectivity index (χ2n) is 5.52. The Morgan fingerprint density at radius 1 is 1.43 bits per heavy atom. The zero-order valence-corrected chi connectivity index (χ0v) is 12.7. The lowest BCUT2D eigenvalue weighted by molar-refractivity contribution is 0.293. The zero-order valence-electron chi connectivity index (χ0n) is 12.7. The van der Waals surface area contributed by atoms with Crippen molar-refractivity contribution < 1.29 is 9.47 Å². The number of hydrogen-bond donors (Lipinski definition) is 1. The summed E-state index contributed by atoms with van der Waals surface area (Å²) in [6.45, 7) is 5.35. The van der Waals surface area contributed by atoms with Gasteiger partial charge < -0.3 is 14.8 Å². The van der Waals surface area contributed by atoms with Crippen LogP contribution in [0.5, 0.6) is 11.5 Å². The van der Waals surface area contributed by atoms with Crippen LogP contribution in [0, 0.1) is 0 Å². The highest BCUT2D eigenvalue weighted by Crippen LogP contribution is 2.35. The number of aromatic nitrogens is 2. The molecule has 1 unspecified atom stereocenters. The quantitative estimate of drug-likeness (QED) is 0.918. The van der Waals surface area contributed by atoms with Crippen molar-refractivity contribution in [2.24, 2.45) is 0 Å². The molecule has 0 saturated carbocycles. The van der Waals surface area contributed by atoms with Crippen LogP contribution < -0.4 is 14.8 Å². The topological polar surface area (TPSA) is 48.3 Å². The number of fused-ring (bicyclic) bond motifs is 1. The molecule has 1 N–H and O–H groups in total.